The van der Waals surface area contributed by atoms with Crippen LogP contribution in [0.4, 0.5) is 11.4 Å². The van der Waals surface area contributed by atoms with Crippen LogP contribution in [0.2, 0.25) is 0 Å². The smallest absolute Gasteiger partial charge is 0.337 e. The fraction of sp³-hybridized carbons (Fsp3) is 0.263. The largest absolute Gasteiger partial charge is 0.507 e. The normalized spacial score (nSPS) is 14.1. The molecule has 128 valence electrons. The Kier molecular flexibility index (Phi) is 4.75. The van der Waals surface area contributed by atoms with Crippen molar-refractivity contribution in [1.82, 2.24) is 0 Å². The molecule has 1 fully saturated rings. The van der Waals surface area contributed by atoms with Crippen LogP contribution in [-0.2, 0) is 4.74 Å². The summed E-state index contributed by atoms with van der Waals surface area (Å²) in [5, 5.41) is 18.7. The second-order valence-corrected chi connectivity index (χ2v) is 5.83. The monoisotopic (exact) mass is 337 g/mol. The molecule has 0 amide bonds. The lowest BCUT2D eigenvalue weighted by Gasteiger charge is -2.37. The summed E-state index contributed by atoms with van der Waals surface area (Å²) in [5.41, 5.74) is 2.84. The van der Waals surface area contributed by atoms with Gasteiger partial charge >= 0.3 is 5.97 Å². The van der Waals surface area contributed by atoms with E-state index in [9.17, 15) is 9.90 Å². The molecule has 0 saturated carbocycles. The quantitative estimate of drug-likeness (QED) is 0.867. The van der Waals surface area contributed by atoms with Gasteiger partial charge in [0.15, 0.2) is 0 Å². The van der Waals surface area contributed by atoms with Crippen LogP contribution in [-0.4, -0.2) is 44.4 Å². The van der Waals surface area contributed by atoms with Gasteiger partial charge in [-0.25, -0.2) is 4.79 Å². The summed E-state index contributed by atoms with van der Waals surface area (Å²) in [6.07, 6.45) is 0. The lowest BCUT2D eigenvalue weighted by molar-refractivity contribution is 0.0601. The van der Waals surface area contributed by atoms with Gasteiger partial charge in [0.25, 0.3) is 0 Å². The molecule has 3 rings (SSSR count). The standard InChI is InChI=1S/C19H19N3O3/c1-25-19(24)14-2-4-16(5-3-14)21-8-10-22(11-9-21)17-6-7-18(23)15(12-17)13-20/h2-7,12,23H,8-11H2,1H3. The topological polar surface area (TPSA) is 76.8 Å². The van der Waals surface area contributed by atoms with Gasteiger partial charge < -0.3 is 19.6 Å². The molecular formula is C19H19N3O3. The maximum absolute atomic E-state index is 11.5. The molecule has 1 N–H and O–H groups in total. The molecule has 0 radical (unpaired) electrons. The Morgan fingerprint density at radius 2 is 1.60 bits per heavy atom. The Labute approximate surface area is 146 Å². The van der Waals surface area contributed by atoms with Gasteiger partial charge in [0.1, 0.15) is 11.8 Å². The maximum atomic E-state index is 11.5. The Balaban J connectivity index is 1.66. The summed E-state index contributed by atoms with van der Waals surface area (Å²) in [5.74, 6) is -0.326. The number of nitriles is 1. The van der Waals surface area contributed by atoms with E-state index in [0.29, 0.717) is 11.1 Å². The average Bonchev–Trinajstić information content (AvgIpc) is 2.68. The molecule has 0 atom stereocenters. The molecule has 6 heteroatoms. The summed E-state index contributed by atoms with van der Waals surface area (Å²) in [6, 6.07) is 14.5. The molecule has 1 aliphatic heterocycles. The molecule has 6 nitrogen and oxygen atoms in total. The minimum absolute atomic E-state index is 0.00980. The van der Waals surface area contributed by atoms with Crippen molar-refractivity contribution >= 4 is 17.3 Å². The van der Waals surface area contributed by atoms with Crippen LogP contribution in [0.5, 0.6) is 5.75 Å². The first kappa shape index (κ1) is 16.7. The van der Waals surface area contributed by atoms with E-state index in [4.69, 9.17) is 10.00 Å². The number of carbonyl (C=O) groups excluding carboxylic acids is 1. The molecular weight excluding hydrogens is 318 g/mol. The van der Waals surface area contributed by atoms with Gasteiger partial charge in [0.05, 0.1) is 18.2 Å². The zero-order chi connectivity index (χ0) is 17.8. The molecule has 0 aliphatic carbocycles. The average molecular weight is 337 g/mol. The van der Waals surface area contributed by atoms with Gasteiger partial charge in [-0.2, -0.15) is 5.26 Å². The molecule has 1 heterocycles. The van der Waals surface area contributed by atoms with Crippen LogP contribution in [0, 0.1) is 11.3 Å². The highest BCUT2D eigenvalue weighted by molar-refractivity contribution is 5.89. The van der Waals surface area contributed by atoms with Crippen LogP contribution in [0.25, 0.3) is 0 Å². The minimum atomic E-state index is -0.336. The van der Waals surface area contributed by atoms with Gasteiger partial charge in [0.2, 0.25) is 0 Å². The number of anilines is 2. The Morgan fingerprint density at radius 1 is 1.04 bits per heavy atom. The lowest BCUT2D eigenvalue weighted by atomic mass is 10.1. The minimum Gasteiger partial charge on any atom is -0.507 e. The van der Waals surface area contributed by atoms with Crippen molar-refractivity contribution in [2.45, 2.75) is 0 Å². The fourth-order valence-corrected chi connectivity index (χ4v) is 2.96. The maximum Gasteiger partial charge on any atom is 0.337 e. The Hall–Kier alpha value is -3.20. The predicted octanol–water partition coefficient (Wildman–Crippen LogP) is 2.38. The van der Waals surface area contributed by atoms with E-state index in [2.05, 4.69) is 9.80 Å². The van der Waals surface area contributed by atoms with Crippen LogP contribution < -0.4 is 9.80 Å². The third kappa shape index (κ3) is 3.50. The number of phenols is 1. The van der Waals surface area contributed by atoms with Gasteiger partial charge in [-0.1, -0.05) is 0 Å². The molecule has 2 aromatic carbocycles. The third-order valence-corrected chi connectivity index (χ3v) is 4.40. The summed E-state index contributed by atoms with van der Waals surface area (Å²) < 4.78 is 4.71. The van der Waals surface area contributed by atoms with Crippen LogP contribution in [0.3, 0.4) is 0 Å². The summed E-state index contributed by atoms with van der Waals surface area (Å²) in [6.45, 7) is 3.30. The van der Waals surface area contributed by atoms with Crippen LogP contribution >= 0.6 is 0 Å². The lowest BCUT2D eigenvalue weighted by Crippen LogP contribution is -2.46. The molecule has 0 bridgehead atoms. The molecule has 0 aromatic heterocycles. The van der Waals surface area contributed by atoms with Gasteiger partial charge in [-0.05, 0) is 42.5 Å². The van der Waals surface area contributed by atoms with E-state index in [-0.39, 0.29) is 11.7 Å². The number of ether oxygens (including phenoxy) is 1. The number of piperazine rings is 1. The Bertz CT molecular complexity index is 804. The van der Waals surface area contributed by atoms with Crippen LogP contribution in [0.1, 0.15) is 15.9 Å². The highest BCUT2D eigenvalue weighted by Crippen LogP contribution is 2.25. The van der Waals surface area contributed by atoms with E-state index < -0.39 is 0 Å². The van der Waals surface area contributed by atoms with E-state index >= 15 is 0 Å². The molecule has 1 saturated heterocycles. The molecule has 1 aliphatic rings. The van der Waals surface area contributed by atoms with Crippen molar-refractivity contribution in [3.05, 3.63) is 53.6 Å². The third-order valence-electron chi connectivity index (χ3n) is 4.40. The Morgan fingerprint density at radius 3 is 2.16 bits per heavy atom. The molecule has 2 aromatic rings. The van der Waals surface area contributed by atoms with Crippen molar-refractivity contribution < 1.29 is 14.6 Å². The van der Waals surface area contributed by atoms with E-state index in [1.54, 1.807) is 24.3 Å². The van der Waals surface area contributed by atoms with Crippen molar-refractivity contribution in [2.24, 2.45) is 0 Å². The van der Waals surface area contributed by atoms with Crippen molar-refractivity contribution in [3.8, 4) is 11.8 Å². The first-order valence-corrected chi connectivity index (χ1v) is 8.04. The number of nitrogens with zero attached hydrogens (tertiary/aromatic N) is 3. The fourth-order valence-electron chi connectivity index (χ4n) is 2.96. The number of esters is 1. The first-order chi connectivity index (χ1) is 12.1. The van der Waals surface area contributed by atoms with Gasteiger partial charge in [-0.3, -0.25) is 0 Å². The first-order valence-electron chi connectivity index (χ1n) is 8.04. The van der Waals surface area contributed by atoms with Gasteiger partial charge in [0, 0.05) is 37.6 Å². The zero-order valence-corrected chi connectivity index (χ0v) is 14.0. The van der Waals surface area contributed by atoms with Crippen molar-refractivity contribution in [2.75, 3.05) is 43.1 Å². The number of rotatable bonds is 3. The van der Waals surface area contributed by atoms with Crippen molar-refractivity contribution in [3.63, 3.8) is 0 Å². The number of methoxy groups -OCH3 is 1. The van der Waals surface area contributed by atoms with Gasteiger partial charge in [-0.15, -0.1) is 0 Å². The number of hydrogen-bond acceptors (Lipinski definition) is 6. The molecule has 0 unspecified atom stereocenters. The number of benzene rings is 2. The van der Waals surface area contributed by atoms with E-state index in [0.717, 1.165) is 37.6 Å². The second-order valence-electron chi connectivity index (χ2n) is 5.83. The summed E-state index contributed by atoms with van der Waals surface area (Å²) in [7, 11) is 1.37. The molecule has 25 heavy (non-hydrogen) atoms. The van der Waals surface area contributed by atoms with E-state index in [1.807, 2.05) is 24.3 Å². The van der Waals surface area contributed by atoms with E-state index in [1.165, 1.54) is 7.11 Å². The highest BCUT2D eigenvalue weighted by atomic mass is 16.5. The number of phenolic OH excluding ortho intramolecular Hbond substituents is 1. The second kappa shape index (κ2) is 7.14. The SMILES string of the molecule is COC(=O)c1ccc(N2CCN(c3ccc(O)c(C#N)c3)CC2)cc1. The zero-order valence-electron chi connectivity index (χ0n) is 14.0. The number of aromatic hydroxyl groups is 1. The highest BCUT2D eigenvalue weighted by Gasteiger charge is 2.18. The summed E-state index contributed by atoms with van der Waals surface area (Å²) in [4.78, 5) is 15.9. The predicted molar refractivity (Wildman–Crippen MR) is 95.0 cm³/mol. The van der Waals surface area contributed by atoms with Crippen molar-refractivity contribution in [1.29, 1.82) is 5.26 Å². The molecule has 0 spiro atoms. The number of carbonyl (C=O) groups is 1. The summed E-state index contributed by atoms with van der Waals surface area (Å²) >= 11 is 0. The van der Waals surface area contributed by atoms with Crippen LogP contribution in [0.15, 0.2) is 42.5 Å². The number of hydrogen-bond donors (Lipinski definition) is 1.